The summed E-state index contributed by atoms with van der Waals surface area (Å²) in [7, 11) is 0. The van der Waals surface area contributed by atoms with Crippen molar-refractivity contribution in [1.82, 2.24) is 14.5 Å². The zero-order valence-corrected chi connectivity index (χ0v) is 16.6. The van der Waals surface area contributed by atoms with E-state index in [0.29, 0.717) is 5.69 Å². The van der Waals surface area contributed by atoms with Crippen molar-refractivity contribution >= 4 is 57.4 Å². The molecular formula is C17H13Cl4N3O. The largest absolute Gasteiger partial charge is 0.355 e. The molecule has 8 heteroatoms. The quantitative estimate of drug-likeness (QED) is 0.390. The first-order chi connectivity index (χ1) is 11.7. The molecule has 0 saturated heterocycles. The number of aryl methyl sites for hydroxylation is 1. The molecule has 0 saturated carbocycles. The highest BCUT2D eigenvalue weighted by molar-refractivity contribution is 6.51. The lowest BCUT2D eigenvalue weighted by molar-refractivity contribution is 0.829. The van der Waals surface area contributed by atoms with Gasteiger partial charge in [-0.25, -0.2) is 14.3 Å². The maximum Gasteiger partial charge on any atom is 0.355 e. The Hall–Kier alpha value is -1.33. The Bertz CT molecular complexity index is 1060. The number of hydrogen-bond donors (Lipinski definition) is 0. The number of para-hydroxylation sites is 1. The zero-order chi connectivity index (χ0) is 18.5. The van der Waals surface area contributed by atoms with E-state index in [2.05, 4.69) is 9.97 Å². The molecule has 4 nitrogen and oxygen atoms in total. The number of fused-ring (bicyclic) bond motifs is 1. The Balaban J connectivity index is 2.58. The summed E-state index contributed by atoms with van der Waals surface area (Å²) in [4.78, 5) is 20.9. The molecule has 0 aliphatic rings. The molecular weight excluding hydrogens is 404 g/mol. The predicted octanol–water partition coefficient (Wildman–Crippen LogP) is 5.83. The van der Waals surface area contributed by atoms with Gasteiger partial charge in [0.25, 0.3) is 0 Å². The Morgan fingerprint density at radius 3 is 2.32 bits per heavy atom. The summed E-state index contributed by atoms with van der Waals surface area (Å²) in [5.41, 5.74) is 2.22. The van der Waals surface area contributed by atoms with E-state index < -0.39 is 5.69 Å². The maximum absolute atomic E-state index is 12.7. The molecule has 0 aliphatic carbocycles. The topological polar surface area (TPSA) is 47.8 Å². The van der Waals surface area contributed by atoms with Gasteiger partial charge in [0, 0.05) is 0 Å². The second-order valence-electron chi connectivity index (χ2n) is 5.92. The van der Waals surface area contributed by atoms with Gasteiger partial charge in [0.15, 0.2) is 10.8 Å². The van der Waals surface area contributed by atoms with Crippen molar-refractivity contribution in [3.05, 3.63) is 60.2 Å². The lowest BCUT2D eigenvalue weighted by Crippen LogP contribution is -2.25. The molecule has 0 atom stereocenters. The van der Waals surface area contributed by atoms with Crippen molar-refractivity contribution in [3.8, 4) is 5.69 Å². The van der Waals surface area contributed by atoms with Crippen LogP contribution in [0.25, 0.3) is 16.7 Å². The van der Waals surface area contributed by atoms with Crippen LogP contribution >= 0.6 is 46.4 Å². The first kappa shape index (κ1) is 18.5. The highest BCUT2D eigenvalue weighted by Crippen LogP contribution is 2.38. The number of nitrogens with zero attached hydrogens (tertiary/aromatic N) is 3. The van der Waals surface area contributed by atoms with Gasteiger partial charge >= 0.3 is 5.69 Å². The summed E-state index contributed by atoms with van der Waals surface area (Å²) < 4.78 is 1.39. The van der Waals surface area contributed by atoms with Gasteiger partial charge in [-0.3, -0.25) is 0 Å². The lowest BCUT2D eigenvalue weighted by Gasteiger charge is -2.19. The Kier molecular flexibility index (Phi) is 5.00. The van der Waals surface area contributed by atoms with E-state index in [1.807, 2.05) is 39.0 Å². The molecule has 0 spiro atoms. The van der Waals surface area contributed by atoms with E-state index in [-0.39, 0.29) is 37.3 Å². The molecule has 0 amide bonds. The van der Waals surface area contributed by atoms with Crippen LogP contribution in [0.4, 0.5) is 0 Å². The van der Waals surface area contributed by atoms with Gasteiger partial charge < -0.3 is 0 Å². The lowest BCUT2D eigenvalue weighted by atomic mass is 9.98. The molecule has 0 radical (unpaired) electrons. The summed E-state index contributed by atoms with van der Waals surface area (Å²) in [6, 6.07) is 5.81. The summed E-state index contributed by atoms with van der Waals surface area (Å²) in [5.74, 6) is 0.172. The fourth-order valence-electron chi connectivity index (χ4n) is 2.78. The van der Waals surface area contributed by atoms with Crippen molar-refractivity contribution in [2.45, 2.75) is 26.7 Å². The number of hydrogen-bond acceptors (Lipinski definition) is 3. The van der Waals surface area contributed by atoms with Gasteiger partial charge in [0.05, 0.1) is 21.1 Å². The number of benzene rings is 1. The molecule has 3 rings (SSSR count). The van der Waals surface area contributed by atoms with E-state index in [1.54, 1.807) is 0 Å². The molecule has 25 heavy (non-hydrogen) atoms. The fourth-order valence-corrected chi connectivity index (χ4v) is 3.70. The third-order valence-electron chi connectivity index (χ3n) is 3.94. The van der Waals surface area contributed by atoms with E-state index in [1.165, 1.54) is 4.57 Å². The average molecular weight is 417 g/mol. The summed E-state index contributed by atoms with van der Waals surface area (Å²) in [6.45, 7) is 5.99. The molecule has 0 fully saturated rings. The van der Waals surface area contributed by atoms with Crippen LogP contribution in [0.2, 0.25) is 20.4 Å². The molecule has 3 aromatic rings. The second-order valence-corrected chi connectivity index (χ2v) is 7.39. The van der Waals surface area contributed by atoms with Crippen molar-refractivity contribution in [2.24, 2.45) is 0 Å². The van der Waals surface area contributed by atoms with Crippen LogP contribution in [0.5, 0.6) is 0 Å². The number of aromatic nitrogens is 3. The zero-order valence-electron chi connectivity index (χ0n) is 13.6. The molecule has 1 aromatic carbocycles. The first-order valence-electron chi connectivity index (χ1n) is 7.46. The van der Waals surface area contributed by atoms with E-state index in [9.17, 15) is 4.79 Å². The molecule has 2 heterocycles. The summed E-state index contributed by atoms with van der Waals surface area (Å²) >= 11 is 24.6. The molecule has 2 aromatic heterocycles. The maximum atomic E-state index is 12.7. The third-order valence-corrected chi connectivity index (χ3v) is 5.43. The van der Waals surface area contributed by atoms with Crippen LogP contribution < -0.4 is 5.69 Å². The van der Waals surface area contributed by atoms with E-state index >= 15 is 0 Å². The minimum absolute atomic E-state index is 0.00531. The highest BCUT2D eigenvalue weighted by atomic mass is 35.5. The predicted molar refractivity (Wildman–Crippen MR) is 104 cm³/mol. The average Bonchev–Trinajstić information content (AvgIpc) is 2.53. The minimum Gasteiger partial charge on any atom is -0.245 e. The molecule has 0 unspecified atom stereocenters. The third kappa shape index (κ3) is 3.02. The summed E-state index contributed by atoms with van der Waals surface area (Å²) in [5, 5.41) is 0.401. The van der Waals surface area contributed by atoms with Crippen LogP contribution in [0.15, 0.2) is 23.0 Å². The van der Waals surface area contributed by atoms with Crippen LogP contribution in [0.3, 0.4) is 0 Å². The Morgan fingerprint density at radius 1 is 1.00 bits per heavy atom. The van der Waals surface area contributed by atoms with Crippen LogP contribution in [-0.2, 0) is 0 Å². The molecule has 0 bridgehead atoms. The second kappa shape index (κ2) is 6.76. The SMILES string of the molecule is Cc1cccc(C(C)C)c1-n1c(=O)nc(Cl)c2c(Cl)c(Cl)c(Cl)nc21. The van der Waals surface area contributed by atoms with Gasteiger partial charge in [0.2, 0.25) is 0 Å². The van der Waals surface area contributed by atoms with Crippen LogP contribution in [0, 0.1) is 6.92 Å². The minimum atomic E-state index is -0.560. The molecule has 130 valence electrons. The van der Waals surface area contributed by atoms with Crippen molar-refractivity contribution < 1.29 is 0 Å². The Labute approximate surface area is 164 Å². The van der Waals surface area contributed by atoms with Crippen LogP contribution in [-0.4, -0.2) is 14.5 Å². The van der Waals surface area contributed by atoms with Gasteiger partial charge in [-0.1, -0.05) is 78.5 Å². The summed E-state index contributed by atoms with van der Waals surface area (Å²) in [6.07, 6.45) is 0. The van der Waals surface area contributed by atoms with Crippen molar-refractivity contribution in [2.75, 3.05) is 0 Å². The number of pyridine rings is 1. The number of halogens is 4. The van der Waals surface area contributed by atoms with Gasteiger partial charge in [-0.2, -0.15) is 4.98 Å². The fraction of sp³-hybridized carbons (Fsp3) is 0.235. The van der Waals surface area contributed by atoms with E-state index in [4.69, 9.17) is 46.4 Å². The monoisotopic (exact) mass is 415 g/mol. The van der Waals surface area contributed by atoms with Crippen LogP contribution in [0.1, 0.15) is 30.9 Å². The molecule has 0 N–H and O–H groups in total. The standard InChI is InChI=1S/C17H13Cl4N3O/c1-7(2)9-6-4-5-8(3)13(9)24-16-10(14(20)23-17(24)25)11(18)12(19)15(21)22-16/h4-7H,1-3H3. The Morgan fingerprint density at radius 2 is 1.68 bits per heavy atom. The number of rotatable bonds is 2. The van der Waals surface area contributed by atoms with Gasteiger partial charge in [-0.15, -0.1) is 0 Å². The van der Waals surface area contributed by atoms with Crippen molar-refractivity contribution in [1.29, 1.82) is 0 Å². The van der Waals surface area contributed by atoms with Gasteiger partial charge in [0.1, 0.15) is 5.15 Å². The highest BCUT2D eigenvalue weighted by Gasteiger charge is 2.22. The van der Waals surface area contributed by atoms with Crippen molar-refractivity contribution in [3.63, 3.8) is 0 Å². The smallest absolute Gasteiger partial charge is 0.245 e. The normalized spacial score (nSPS) is 11.5. The molecule has 0 aliphatic heterocycles. The first-order valence-corrected chi connectivity index (χ1v) is 8.97. The van der Waals surface area contributed by atoms with Gasteiger partial charge in [-0.05, 0) is 24.0 Å². The van der Waals surface area contributed by atoms with E-state index in [0.717, 1.165) is 11.1 Å².